The monoisotopic (exact) mass is 289 g/mol. The van der Waals surface area contributed by atoms with E-state index in [4.69, 9.17) is 5.11 Å². The summed E-state index contributed by atoms with van der Waals surface area (Å²) < 4.78 is 27.1. The molecule has 0 bridgehead atoms. The van der Waals surface area contributed by atoms with E-state index < -0.39 is 10.0 Å². The Morgan fingerprint density at radius 3 is 2.72 bits per heavy atom. The van der Waals surface area contributed by atoms with Crippen LogP contribution in [-0.4, -0.2) is 36.5 Å². The topological polar surface area (TPSA) is 57.6 Å². The molecule has 1 saturated heterocycles. The SMILES string of the molecule is CC1(C)CCCN1S(=O)(=O)c1ccc(CCO)s1. The fourth-order valence-electron chi connectivity index (χ4n) is 2.38. The van der Waals surface area contributed by atoms with E-state index in [1.165, 1.54) is 11.3 Å². The van der Waals surface area contributed by atoms with E-state index in [0.717, 1.165) is 17.7 Å². The summed E-state index contributed by atoms with van der Waals surface area (Å²) in [5.41, 5.74) is -0.292. The van der Waals surface area contributed by atoms with Gasteiger partial charge in [0.1, 0.15) is 4.21 Å². The quantitative estimate of drug-likeness (QED) is 0.920. The van der Waals surface area contributed by atoms with E-state index in [0.29, 0.717) is 17.2 Å². The molecule has 0 aliphatic carbocycles. The summed E-state index contributed by atoms with van der Waals surface area (Å²) in [7, 11) is -3.37. The predicted octanol–water partition coefficient (Wildman–Crippen LogP) is 1.85. The fourth-order valence-corrected chi connectivity index (χ4v) is 5.68. The Kier molecular flexibility index (Phi) is 3.82. The Bertz CT molecular complexity index is 519. The van der Waals surface area contributed by atoms with Gasteiger partial charge in [-0.3, -0.25) is 0 Å². The average molecular weight is 289 g/mol. The van der Waals surface area contributed by atoms with Crippen molar-refractivity contribution in [3.8, 4) is 0 Å². The molecule has 102 valence electrons. The zero-order valence-electron chi connectivity index (χ0n) is 10.7. The molecular weight excluding hydrogens is 270 g/mol. The number of aliphatic hydroxyl groups excluding tert-OH is 1. The minimum Gasteiger partial charge on any atom is -0.396 e. The molecule has 0 radical (unpaired) electrons. The van der Waals surface area contributed by atoms with Crippen molar-refractivity contribution >= 4 is 21.4 Å². The maximum atomic E-state index is 12.5. The lowest BCUT2D eigenvalue weighted by Crippen LogP contribution is -2.42. The highest BCUT2D eigenvalue weighted by Gasteiger charge is 2.41. The number of hydrogen-bond acceptors (Lipinski definition) is 4. The van der Waals surface area contributed by atoms with Gasteiger partial charge < -0.3 is 5.11 Å². The number of sulfonamides is 1. The van der Waals surface area contributed by atoms with Crippen LogP contribution in [0.4, 0.5) is 0 Å². The molecule has 2 heterocycles. The first-order valence-corrected chi connectivity index (χ1v) is 8.36. The Morgan fingerprint density at radius 1 is 1.44 bits per heavy atom. The number of hydrogen-bond donors (Lipinski definition) is 1. The van der Waals surface area contributed by atoms with Crippen molar-refractivity contribution in [1.29, 1.82) is 0 Å². The molecule has 0 amide bonds. The van der Waals surface area contributed by atoms with E-state index in [1.807, 2.05) is 13.8 Å². The molecular formula is C12H19NO3S2. The van der Waals surface area contributed by atoms with Gasteiger partial charge in [0.2, 0.25) is 0 Å². The lowest BCUT2D eigenvalue weighted by molar-refractivity contribution is 0.292. The molecule has 1 aromatic heterocycles. The Labute approximate surface area is 112 Å². The smallest absolute Gasteiger partial charge is 0.253 e. The molecule has 4 nitrogen and oxygen atoms in total. The number of aliphatic hydroxyl groups is 1. The van der Waals surface area contributed by atoms with Gasteiger partial charge in [-0.05, 0) is 38.8 Å². The van der Waals surface area contributed by atoms with Gasteiger partial charge in [-0.1, -0.05) is 0 Å². The zero-order chi connectivity index (χ0) is 13.4. The van der Waals surface area contributed by atoms with Crippen LogP contribution in [0.3, 0.4) is 0 Å². The normalized spacial score (nSPS) is 20.4. The Hall–Kier alpha value is -0.430. The molecule has 0 atom stereocenters. The Morgan fingerprint density at radius 2 is 2.17 bits per heavy atom. The lowest BCUT2D eigenvalue weighted by atomic mass is 10.0. The van der Waals surface area contributed by atoms with Gasteiger partial charge in [-0.2, -0.15) is 4.31 Å². The summed E-state index contributed by atoms with van der Waals surface area (Å²) in [6.07, 6.45) is 2.34. The predicted molar refractivity (Wildman–Crippen MR) is 72.3 cm³/mol. The standard InChI is InChI=1S/C12H19NO3S2/c1-12(2)7-3-8-13(12)18(15,16)11-5-4-10(17-11)6-9-14/h4-5,14H,3,6-9H2,1-2H3. The largest absolute Gasteiger partial charge is 0.396 e. The summed E-state index contributed by atoms with van der Waals surface area (Å²) in [6, 6.07) is 3.44. The van der Waals surface area contributed by atoms with Crippen LogP contribution in [0.5, 0.6) is 0 Å². The van der Waals surface area contributed by atoms with Gasteiger partial charge in [0.25, 0.3) is 10.0 Å². The van der Waals surface area contributed by atoms with Gasteiger partial charge in [0.15, 0.2) is 0 Å². The van der Waals surface area contributed by atoms with Crippen LogP contribution in [0.1, 0.15) is 31.6 Å². The van der Waals surface area contributed by atoms with E-state index in [1.54, 1.807) is 16.4 Å². The third kappa shape index (κ3) is 2.47. The van der Waals surface area contributed by atoms with Crippen LogP contribution in [-0.2, 0) is 16.4 Å². The highest BCUT2D eigenvalue weighted by molar-refractivity contribution is 7.91. The van der Waals surface area contributed by atoms with Crippen LogP contribution in [0.15, 0.2) is 16.3 Å². The first-order chi connectivity index (χ1) is 8.38. The summed E-state index contributed by atoms with van der Waals surface area (Å²) >= 11 is 1.26. The molecule has 0 unspecified atom stereocenters. The maximum Gasteiger partial charge on any atom is 0.253 e. The van der Waals surface area contributed by atoms with Crippen LogP contribution >= 0.6 is 11.3 Å². The molecule has 6 heteroatoms. The summed E-state index contributed by atoms with van der Waals surface area (Å²) in [4.78, 5) is 0.910. The minimum absolute atomic E-state index is 0.0508. The third-order valence-electron chi connectivity index (χ3n) is 3.36. The van der Waals surface area contributed by atoms with E-state index in [-0.39, 0.29) is 12.1 Å². The van der Waals surface area contributed by atoms with Gasteiger partial charge in [0.05, 0.1) is 0 Å². The second-order valence-corrected chi connectivity index (χ2v) is 8.44. The minimum atomic E-state index is -3.37. The van der Waals surface area contributed by atoms with Crippen molar-refractivity contribution < 1.29 is 13.5 Å². The average Bonchev–Trinajstić information content (AvgIpc) is 2.85. The lowest BCUT2D eigenvalue weighted by Gasteiger charge is -2.29. The maximum absolute atomic E-state index is 12.5. The van der Waals surface area contributed by atoms with Crippen molar-refractivity contribution in [2.24, 2.45) is 0 Å². The van der Waals surface area contributed by atoms with Crippen molar-refractivity contribution in [3.05, 3.63) is 17.0 Å². The zero-order valence-corrected chi connectivity index (χ0v) is 12.4. The summed E-state index contributed by atoms with van der Waals surface area (Å²) in [5, 5.41) is 8.87. The molecule has 0 saturated carbocycles. The first-order valence-electron chi connectivity index (χ1n) is 6.10. The van der Waals surface area contributed by atoms with Crippen LogP contribution in [0, 0.1) is 0 Å². The third-order valence-corrected chi connectivity index (χ3v) is 7.09. The molecule has 1 aliphatic rings. The fraction of sp³-hybridized carbons (Fsp3) is 0.667. The van der Waals surface area contributed by atoms with Gasteiger partial charge in [0, 0.05) is 30.0 Å². The molecule has 2 rings (SSSR count). The van der Waals surface area contributed by atoms with Crippen molar-refractivity contribution in [3.63, 3.8) is 0 Å². The highest BCUT2D eigenvalue weighted by Crippen LogP contribution is 2.36. The van der Waals surface area contributed by atoms with E-state index in [9.17, 15) is 8.42 Å². The molecule has 1 fully saturated rings. The second kappa shape index (κ2) is 4.92. The van der Waals surface area contributed by atoms with Crippen molar-refractivity contribution in [2.45, 2.75) is 42.9 Å². The van der Waals surface area contributed by atoms with Gasteiger partial charge >= 0.3 is 0 Å². The Balaban J connectivity index is 2.30. The second-order valence-electron chi connectivity index (χ2n) is 5.19. The molecule has 18 heavy (non-hydrogen) atoms. The summed E-state index contributed by atoms with van der Waals surface area (Å²) in [5.74, 6) is 0. The summed E-state index contributed by atoms with van der Waals surface area (Å²) in [6.45, 7) is 4.59. The van der Waals surface area contributed by atoms with E-state index >= 15 is 0 Å². The van der Waals surface area contributed by atoms with Crippen LogP contribution < -0.4 is 0 Å². The number of rotatable bonds is 4. The van der Waals surface area contributed by atoms with Gasteiger partial charge in [-0.25, -0.2) is 8.42 Å². The van der Waals surface area contributed by atoms with E-state index in [2.05, 4.69) is 0 Å². The first kappa shape index (κ1) is 14.0. The van der Waals surface area contributed by atoms with Crippen molar-refractivity contribution in [1.82, 2.24) is 4.31 Å². The molecule has 1 N–H and O–H groups in total. The van der Waals surface area contributed by atoms with Crippen LogP contribution in [0.25, 0.3) is 0 Å². The number of nitrogens with zero attached hydrogens (tertiary/aromatic N) is 1. The highest BCUT2D eigenvalue weighted by atomic mass is 32.2. The number of thiophene rings is 1. The van der Waals surface area contributed by atoms with Crippen LogP contribution in [0.2, 0.25) is 0 Å². The molecule has 0 aromatic carbocycles. The van der Waals surface area contributed by atoms with Gasteiger partial charge in [-0.15, -0.1) is 11.3 Å². The van der Waals surface area contributed by atoms with Crippen molar-refractivity contribution in [2.75, 3.05) is 13.2 Å². The molecule has 1 aromatic rings. The molecule has 0 spiro atoms. The molecule has 1 aliphatic heterocycles.